The van der Waals surface area contributed by atoms with Gasteiger partial charge in [0.05, 0.1) is 22.7 Å². The first kappa shape index (κ1) is 24.4. The molecule has 0 aliphatic rings. The predicted molar refractivity (Wildman–Crippen MR) is 110 cm³/mol. The smallest absolute Gasteiger partial charge is 0.456 e. The molecule has 35 heavy (non-hydrogen) atoms. The zero-order valence-electron chi connectivity index (χ0n) is 18.0. The molecule has 0 bridgehead atoms. The second-order valence-electron chi connectivity index (χ2n) is 7.24. The Morgan fingerprint density at radius 1 is 1.00 bits per heavy atom. The van der Waals surface area contributed by atoms with Gasteiger partial charge in [-0.2, -0.15) is 32.1 Å². The fourth-order valence-corrected chi connectivity index (χ4v) is 4.09. The van der Waals surface area contributed by atoms with Gasteiger partial charge in [-0.1, -0.05) is 6.92 Å². The predicted octanol–water partition coefficient (Wildman–Crippen LogP) is 2.96. The molecule has 10 nitrogen and oxygen atoms in total. The Labute approximate surface area is 194 Å². The second-order valence-corrected chi connectivity index (χ2v) is 9.43. The van der Waals surface area contributed by atoms with E-state index in [0.717, 1.165) is 12.1 Å². The van der Waals surface area contributed by atoms with E-state index >= 15 is 0 Å². The van der Waals surface area contributed by atoms with Crippen molar-refractivity contribution in [1.82, 2.24) is 34.6 Å². The fraction of sp³-hybridized carbons (Fsp3) is 0.316. The van der Waals surface area contributed by atoms with Gasteiger partial charge in [0.25, 0.3) is 0 Å². The minimum Gasteiger partial charge on any atom is -0.470 e. The second kappa shape index (κ2) is 8.51. The third kappa shape index (κ3) is 4.40. The molecule has 0 atom stereocenters. The molecule has 4 heterocycles. The van der Waals surface area contributed by atoms with Crippen LogP contribution < -0.4 is 4.74 Å². The number of nitrogens with zero attached hydrogens (tertiary/aromatic N) is 7. The van der Waals surface area contributed by atoms with Crippen molar-refractivity contribution in [2.24, 2.45) is 7.05 Å². The van der Waals surface area contributed by atoms with Crippen LogP contribution in [0, 0.1) is 0 Å². The molecule has 0 fully saturated rings. The van der Waals surface area contributed by atoms with E-state index in [1.165, 1.54) is 17.6 Å². The monoisotopic (exact) mass is 517 g/mol. The minimum absolute atomic E-state index is 0.0180. The van der Waals surface area contributed by atoms with Crippen LogP contribution >= 0.6 is 0 Å². The van der Waals surface area contributed by atoms with Crippen molar-refractivity contribution in [3.63, 3.8) is 0 Å². The zero-order chi connectivity index (χ0) is 25.6. The molecule has 0 unspecified atom stereocenters. The van der Waals surface area contributed by atoms with Crippen LogP contribution in [-0.2, 0) is 16.9 Å². The average molecular weight is 517 g/mol. The van der Waals surface area contributed by atoms with Crippen molar-refractivity contribution in [2.45, 2.75) is 24.0 Å². The van der Waals surface area contributed by atoms with Gasteiger partial charge in [0.1, 0.15) is 5.69 Å². The summed E-state index contributed by atoms with van der Waals surface area (Å²) in [5.41, 5.74) is 1.10. The Morgan fingerprint density at radius 2 is 1.71 bits per heavy atom. The van der Waals surface area contributed by atoms with Crippen molar-refractivity contribution < 1.29 is 35.1 Å². The summed E-state index contributed by atoms with van der Waals surface area (Å²) in [5, 5.41) is 15.3. The average Bonchev–Trinajstić information content (AvgIpc) is 3.41. The van der Waals surface area contributed by atoms with Crippen LogP contribution in [0.4, 0.5) is 22.0 Å². The third-order valence-electron chi connectivity index (χ3n) is 4.96. The van der Waals surface area contributed by atoms with Crippen LogP contribution in [0.3, 0.4) is 0 Å². The van der Waals surface area contributed by atoms with Crippen molar-refractivity contribution in [3.8, 4) is 28.5 Å². The number of fused-ring (bicyclic) bond motifs is 1. The highest BCUT2D eigenvalue weighted by Gasteiger charge is 2.58. The summed E-state index contributed by atoms with van der Waals surface area (Å²) in [6.07, 6.45) is -2.82. The number of rotatable bonds is 7. The highest BCUT2D eigenvalue weighted by atomic mass is 32.2. The largest absolute Gasteiger partial charge is 0.470 e. The summed E-state index contributed by atoms with van der Waals surface area (Å²) < 4.78 is 96.2. The van der Waals surface area contributed by atoms with Crippen molar-refractivity contribution in [3.05, 3.63) is 36.7 Å². The molecule has 4 aromatic heterocycles. The molecule has 0 radical (unpaired) electrons. The number of halogens is 5. The van der Waals surface area contributed by atoms with Gasteiger partial charge in [-0.05, 0) is 18.2 Å². The van der Waals surface area contributed by atoms with Crippen molar-refractivity contribution >= 4 is 15.5 Å². The van der Waals surface area contributed by atoms with Gasteiger partial charge >= 0.3 is 12.1 Å². The zero-order valence-corrected chi connectivity index (χ0v) is 18.8. The molecule has 0 amide bonds. The Morgan fingerprint density at radius 3 is 2.29 bits per heavy atom. The summed E-state index contributed by atoms with van der Waals surface area (Å²) >= 11 is 0. The van der Waals surface area contributed by atoms with E-state index in [0.29, 0.717) is 11.4 Å². The number of hydrogen-bond donors (Lipinski definition) is 0. The van der Waals surface area contributed by atoms with Gasteiger partial charge in [-0.15, -0.1) is 10.2 Å². The maximum Gasteiger partial charge on any atom is 0.456 e. The van der Waals surface area contributed by atoms with Gasteiger partial charge in [-0.25, -0.2) is 17.9 Å². The standard InChI is InChI=1S/C19H16F5N7O3S/c1-3-35(32,33)17-15(11-4-5-14(28-27-11)34-10-18(20,21)19(22,23)24)16-25-8-6-13(31(16)29-17)12-7-9-26-30(12)2/h4-9H,3,10H2,1-2H3. The van der Waals surface area contributed by atoms with Gasteiger partial charge in [0.15, 0.2) is 27.1 Å². The van der Waals surface area contributed by atoms with Gasteiger partial charge in [0.2, 0.25) is 5.88 Å². The molecule has 0 aliphatic heterocycles. The lowest BCUT2D eigenvalue weighted by Crippen LogP contribution is -2.41. The molecule has 0 N–H and O–H groups in total. The molecule has 0 saturated heterocycles. The summed E-state index contributed by atoms with van der Waals surface area (Å²) in [5.74, 6) is -6.01. The number of sulfone groups is 1. The number of aromatic nitrogens is 7. The van der Waals surface area contributed by atoms with Crippen LogP contribution in [0.1, 0.15) is 6.92 Å². The highest BCUT2D eigenvalue weighted by molar-refractivity contribution is 7.91. The lowest BCUT2D eigenvalue weighted by atomic mass is 10.2. The van der Waals surface area contributed by atoms with Crippen molar-refractivity contribution in [2.75, 3.05) is 12.4 Å². The quantitative estimate of drug-likeness (QED) is 0.344. The normalized spacial score (nSPS) is 12.9. The maximum absolute atomic E-state index is 13.1. The summed E-state index contributed by atoms with van der Waals surface area (Å²) in [4.78, 5) is 4.23. The Bertz CT molecular complexity index is 1480. The van der Waals surface area contributed by atoms with Crippen LogP contribution in [-0.4, -0.2) is 67.5 Å². The van der Waals surface area contributed by atoms with Crippen LogP contribution in [0.15, 0.2) is 41.7 Å². The molecule has 0 aliphatic carbocycles. The Balaban J connectivity index is 1.80. The lowest BCUT2D eigenvalue weighted by Gasteiger charge is -2.19. The van der Waals surface area contributed by atoms with E-state index in [1.807, 2.05) is 0 Å². The maximum atomic E-state index is 13.1. The molecule has 4 aromatic rings. The van der Waals surface area contributed by atoms with Crippen LogP contribution in [0.2, 0.25) is 0 Å². The fourth-order valence-electron chi connectivity index (χ4n) is 3.10. The number of hydrogen-bond acceptors (Lipinski definition) is 8. The van der Waals surface area contributed by atoms with Gasteiger partial charge < -0.3 is 4.74 Å². The molecular weight excluding hydrogens is 501 g/mol. The van der Waals surface area contributed by atoms with E-state index in [1.54, 1.807) is 30.1 Å². The van der Waals surface area contributed by atoms with E-state index in [9.17, 15) is 30.4 Å². The number of aryl methyl sites for hydroxylation is 1. The van der Waals surface area contributed by atoms with E-state index < -0.39 is 34.4 Å². The van der Waals surface area contributed by atoms with Crippen LogP contribution in [0.5, 0.6) is 5.88 Å². The molecule has 186 valence electrons. The summed E-state index contributed by atoms with van der Waals surface area (Å²) in [7, 11) is -2.23. The highest BCUT2D eigenvalue weighted by Crippen LogP contribution is 2.36. The third-order valence-corrected chi connectivity index (χ3v) is 6.59. The molecule has 0 saturated carbocycles. The molecule has 16 heteroatoms. The van der Waals surface area contributed by atoms with E-state index in [4.69, 9.17) is 0 Å². The molecular formula is C19H16F5N7O3S. The SMILES string of the molecule is CCS(=O)(=O)c1nn2c(-c3ccnn3C)ccnc2c1-c1ccc(OCC(F)(F)C(F)(F)F)nn1. The van der Waals surface area contributed by atoms with Crippen molar-refractivity contribution in [1.29, 1.82) is 0 Å². The molecule has 0 aromatic carbocycles. The summed E-state index contributed by atoms with van der Waals surface area (Å²) in [6, 6.07) is 5.45. The Hall–Kier alpha value is -3.69. The Kier molecular flexibility index (Phi) is 5.94. The minimum atomic E-state index is -5.79. The first-order valence-electron chi connectivity index (χ1n) is 9.86. The number of ether oxygens (including phenoxy) is 1. The van der Waals surface area contributed by atoms with E-state index in [2.05, 4.69) is 30.1 Å². The lowest BCUT2D eigenvalue weighted by molar-refractivity contribution is -0.290. The van der Waals surface area contributed by atoms with Crippen LogP contribution in [0.25, 0.3) is 28.3 Å². The first-order valence-corrected chi connectivity index (χ1v) is 11.5. The number of alkyl halides is 5. The van der Waals surface area contributed by atoms with E-state index in [-0.39, 0.29) is 27.7 Å². The molecule has 0 spiro atoms. The first-order chi connectivity index (χ1) is 16.4. The topological polar surface area (TPSA) is 117 Å². The molecule has 4 rings (SSSR count). The van der Waals surface area contributed by atoms with Gasteiger partial charge in [-0.3, -0.25) is 4.68 Å². The summed E-state index contributed by atoms with van der Waals surface area (Å²) in [6.45, 7) is -0.575. The van der Waals surface area contributed by atoms with Gasteiger partial charge in [0, 0.05) is 25.5 Å².